The zero-order chi connectivity index (χ0) is 21.5. The second-order valence-electron chi connectivity index (χ2n) is 6.64. The Morgan fingerprint density at radius 1 is 1.07 bits per heavy atom. The van der Waals surface area contributed by atoms with Crippen LogP contribution in [0, 0.1) is 0 Å². The van der Waals surface area contributed by atoms with Gasteiger partial charge in [0.15, 0.2) is 0 Å². The lowest BCUT2D eigenvalue weighted by molar-refractivity contribution is -0.139. The smallest absolute Gasteiger partial charge is 0.340 e. The maximum atomic E-state index is 12.7. The van der Waals surface area contributed by atoms with Crippen LogP contribution in [-0.4, -0.2) is 54.6 Å². The molecule has 9 heteroatoms. The fourth-order valence-electron chi connectivity index (χ4n) is 3.14. The largest absolute Gasteiger partial charge is 0.495 e. The molecule has 2 N–H and O–H groups in total. The molecule has 0 spiro atoms. The third-order valence-electron chi connectivity index (χ3n) is 4.62. The highest BCUT2D eigenvalue weighted by Gasteiger charge is 2.30. The number of benzene rings is 2. The van der Waals surface area contributed by atoms with E-state index in [2.05, 4.69) is 10.6 Å². The SMILES string of the molecule is COc1ccc(Cl)cc1NC(=O)N1CCCN1C(=O)CCNC(=O)c1ccccc1. The van der Waals surface area contributed by atoms with Crippen molar-refractivity contribution in [3.05, 3.63) is 59.1 Å². The van der Waals surface area contributed by atoms with Gasteiger partial charge in [-0.05, 0) is 36.8 Å². The van der Waals surface area contributed by atoms with Crippen LogP contribution >= 0.6 is 11.6 Å². The van der Waals surface area contributed by atoms with E-state index < -0.39 is 6.03 Å². The molecule has 0 unspecified atom stereocenters. The number of hydrogen-bond donors (Lipinski definition) is 2. The Morgan fingerprint density at radius 3 is 2.53 bits per heavy atom. The summed E-state index contributed by atoms with van der Waals surface area (Å²) >= 11 is 6.00. The van der Waals surface area contributed by atoms with Gasteiger partial charge in [-0.25, -0.2) is 14.8 Å². The number of anilines is 1. The Labute approximate surface area is 179 Å². The molecule has 1 aliphatic heterocycles. The van der Waals surface area contributed by atoms with Gasteiger partial charge in [0, 0.05) is 36.6 Å². The molecule has 0 saturated carbocycles. The number of nitrogens with zero attached hydrogens (tertiary/aromatic N) is 2. The molecular formula is C21H23ClN4O4. The average molecular weight is 431 g/mol. The van der Waals surface area contributed by atoms with Crippen LogP contribution in [-0.2, 0) is 4.79 Å². The molecule has 1 fully saturated rings. The van der Waals surface area contributed by atoms with E-state index >= 15 is 0 Å². The molecule has 0 aromatic heterocycles. The van der Waals surface area contributed by atoms with Gasteiger partial charge in [0.1, 0.15) is 5.75 Å². The van der Waals surface area contributed by atoms with E-state index in [1.165, 1.54) is 17.1 Å². The summed E-state index contributed by atoms with van der Waals surface area (Å²) in [6.45, 7) is 1.03. The highest BCUT2D eigenvalue weighted by atomic mass is 35.5. The molecule has 0 bridgehead atoms. The Morgan fingerprint density at radius 2 is 1.80 bits per heavy atom. The Hall–Kier alpha value is -3.26. The van der Waals surface area contributed by atoms with Gasteiger partial charge in [0.2, 0.25) is 5.91 Å². The summed E-state index contributed by atoms with van der Waals surface area (Å²) in [5.41, 5.74) is 0.951. The summed E-state index contributed by atoms with van der Waals surface area (Å²) in [6, 6.07) is 13.2. The van der Waals surface area contributed by atoms with E-state index in [-0.39, 0.29) is 24.8 Å². The molecule has 0 aliphatic carbocycles. The Kier molecular flexibility index (Phi) is 7.13. The van der Waals surface area contributed by atoms with Gasteiger partial charge in [-0.2, -0.15) is 0 Å². The normalized spacial score (nSPS) is 13.1. The maximum Gasteiger partial charge on any atom is 0.340 e. The lowest BCUT2D eigenvalue weighted by atomic mass is 10.2. The second-order valence-corrected chi connectivity index (χ2v) is 7.08. The number of rotatable bonds is 6. The Bertz CT molecular complexity index is 922. The van der Waals surface area contributed by atoms with Crippen molar-refractivity contribution in [3.63, 3.8) is 0 Å². The first-order chi connectivity index (χ1) is 14.5. The van der Waals surface area contributed by atoms with Gasteiger partial charge in [-0.1, -0.05) is 29.8 Å². The van der Waals surface area contributed by atoms with E-state index in [4.69, 9.17) is 16.3 Å². The van der Waals surface area contributed by atoms with Crippen LogP contribution in [0.2, 0.25) is 5.02 Å². The maximum absolute atomic E-state index is 12.7. The fraction of sp³-hybridized carbons (Fsp3) is 0.286. The minimum Gasteiger partial charge on any atom is -0.495 e. The molecule has 2 aromatic carbocycles. The number of halogens is 1. The van der Waals surface area contributed by atoms with Crippen LogP contribution in [0.15, 0.2) is 48.5 Å². The minimum atomic E-state index is -0.449. The van der Waals surface area contributed by atoms with Gasteiger partial charge >= 0.3 is 6.03 Å². The molecule has 0 radical (unpaired) electrons. The molecule has 2 aromatic rings. The fourth-order valence-corrected chi connectivity index (χ4v) is 3.32. The first kappa shape index (κ1) is 21.4. The monoisotopic (exact) mass is 430 g/mol. The van der Waals surface area contributed by atoms with Crippen LogP contribution in [0.5, 0.6) is 5.75 Å². The molecule has 1 heterocycles. The summed E-state index contributed by atoms with van der Waals surface area (Å²) in [5, 5.41) is 8.68. The van der Waals surface area contributed by atoms with Gasteiger partial charge in [-0.15, -0.1) is 0 Å². The van der Waals surface area contributed by atoms with Crippen LogP contribution in [0.3, 0.4) is 0 Å². The molecule has 8 nitrogen and oxygen atoms in total. The molecular weight excluding hydrogens is 408 g/mol. The molecule has 0 atom stereocenters. The van der Waals surface area contributed by atoms with Crippen molar-refractivity contribution in [1.29, 1.82) is 0 Å². The van der Waals surface area contributed by atoms with Gasteiger partial charge in [-0.3, -0.25) is 9.59 Å². The lowest BCUT2D eigenvalue weighted by Gasteiger charge is -2.28. The van der Waals surface area contributed by atoms with Crippen molar-refractivity contribution in [2.75, 3.05) is 32.1 Å². The van der Waals surface area contributed by atoms with E-state index in [0.29, 0.717) is 41.5 Å². The summed E-state index contributed by atoms with van der Waals surface area (Å²) in [4.78, 5) is 37.4. The molecule has 158 valence electrons. The number of urea groups is 1. The molecule has 3 rings (SSSR count). The van der Waals surface area contributed by atoms with E-state index in [1.807, 2.05) is 6.07 Å². The molecule has 1 aliphatic rings. The van der Waals surface area contributed by atoms with Crippen molar-refractivity contribution < 1.29 is 19.1 Å². The van der Waals surface area contributed by atoms with Crippen LogP contribution in [0.4, 0.5) is 10.5 Å². The predicted molar refractivity (Wildman–Crippen MR) is 113 cm³/mol. The van der Waals surface area contributed by atoms with Crippen molar-refractivity contribution in [1.82, 2.24) is 15.3 Å². The molecule has 4 amide bonds. The first-order valence-electron chi connectivity index (χ1n) is 9.55. The highest BCUT2D eigenvalue weighted by molar-refractivity contribution is 6.31. The predicted octanol–water partition coefficient (Wildman–Crippen LogP) is 3.15. The number of hydrogen-bond acceptors (Lipinski definition) is 4. The standard InChI is InChI=1S/C21H23ClN4O4/c1-30-18-9-8-16(22)14-17(18)24-21(29)26-13-5-12-25(26)19(27)10-11-23-20(28)15-6-3-2-4-7-15/h2-4,6-9,14H,5,10-13H2,1H3,(H,23,28)(H,24,29). The van der Waals surface area contributed by atoms with E-state index in [9.17, 15) is 14.4 Å². The average Bonchev–Trinajstić information content (AvgIpc) is 3.24. The van der Waals surface area contributed by atoms with Crippen molar-refractivity contribution in [3.8, 4) is 5.75 Å². The van der Waals surface area contributed by atoms with Crippen LogP contribution in [0.25, 0.3) is 0 Å². The number of hydrazine groups is 1. The third kappa shape index (κ3) is 5.21. The van der Waals surface area contributed by atoms with Gasteiger partial charge in [0.05, 0.1) is 12.8 Å². The molecule has 30 heavy (non-hydrogen) atoms. The number of methoxy groups -OCH3 is 1. The van der Waals surface area contributed by atoms with Crippen molar-refractivity contribution in [2.24, 2.45) is 0 Å². The van der Waals surface area contributed by atoms with E-state index in [0.717, 1.165) is 0 Å². The summed E-state index contributed by atoms with van der Waals surface area (Å²) in [7, 11) is 1.49. The van der Waals surface area contributed by atoms with Crippen molar-refractivity contribution in [2.45, 2.75) is 12.8 Å². The summed E-state index contributed by atoms with van der Waals surface area (Å²) < 4.78 is 5.24. The quantitative estimate of drug-likeness (QED) is 0.736. The summed E-state index contributed by atoms with van der Waals surface area (Å²) in [6.07, 6.45) is 0.755. The van der Waals surface area contributed by atoms with Crippen LogP contribution < -0.4 is 15.4 Å². The Balaban J connectivity index is 1.55. The first-order valence-corrected chi connectivity index (χ1v) is 9.93. The number of nitrogens with one attached hydrogen (secondary N) is 2. The highest BCUT2D eigenvalue weighted by Crippen LogP contribution is 2.28. The van der Waals surface area contributed by atoms with Gasteiger partial charge in [0.25, 0.3) is 5.91 Å². The van der Waals surface area contributed by atoms with Crippen LogP contribution in [0.1, 0.15) is 23.2 Å². The lowest BCUT2D eigenvalue weighted by Crippen LogP contribution is -2.47. The third-order valence-corrected chi connectivity index (χ3v) is 4.85. The number of carbonyl (C=O) groups is 3. The molecule has 1 saturated heterocycles. The minimum absolute atomic E-state index is 0.0862. The number of carbonyl (C=O) groups excluding carboxylic acids is 3. The van der Waals surface area contributed by atoms with Crippen molar-refractivity contribution >= 4 is 35.1 Å². The number of ether oxygens (including phenoxy) is 1. The topological polar surface area (TPSA) is 91.0 Å². The second kappa shape index (κ2) is 9.98. The van der Waals surface area contributed by atoms with E-state index in [1.54, 1.807) is 42.5 Å². The van der Waals surface area contributed by atoms with Gasteiger partial charge < -0.3 is 15.4 Å². The number of amides is 4. The zero-order valence-corrected chi connectivity index (χ0v) is 17.3. The zero-order valence-electron chi connectivity index (χ0n) is 16.6. The summed E-state index contributed by atoms with van der Waals surface area (Å²) in [5.74, 6) is -0.0185.